The monoisotopic (exact) mass is 387 g/mol. The average Bonchev–Trinajstić information content (AvgIpc) is 3.12. The lowest BCUT2D eigenvalue weighted by molar-refractivity contribution is -0.111. The first kappa shape index (κ1) is 18.3. The molecule has 0 atom stereocenters. The topological polar surface area (TPSA) is 62.5 Å². The molecule has 1 aromatic heterocycles. The summed E-state index contributed by atoms with van der Waals surface area (Å²) >= 11 is 12.0. The molecule has 132 valence electrons. The van der Waals surface area contributed by atoms with Crippen molar-refractivity contribution in [1.29, 1.82) is 0 Å². The summed E-state index contributed by atoms with van der Waals surface area (Å²) in [5.74, 6) is 0.687. The second-order valence-corrected chi connectivity index (χ2v) is 6.34. The molecule has 0 aliphatic rings. The number of carbonyl (C=O) groups is 1. The van der Waals surface area contributed by atoms with Gasteiger partial charge < -0.3 is 14.8 Å². The van der Waals surface area contributed by atoms with Crippen molar-refractivity contribution in [3.8, 4) is 11.3 Å². The predicted molar refractivity (Wildman–Crippen MR) is 104 cm³/mol. The van der Waals surface area contributed by atoms with Crippen molar-refractivity contribution in [3.05, 3.63) is 82.0 Å². The maximum atomic E-state index is 12.1. The Kier molecular flexibility index (Phi) is 5.78. The Hall–Kier alpha value is -2.53. The van der Waals surface area contributed by atoms with Gasteiger partial charge in [-0.3, -0.25) is 4.79 Å². The van der Waals surface area contributed by atoms with Crippen LogP contribution in [0.25, 0.3) is 17.4 Å². The normalized spacial score (nSPS) is 11.0. The van der Waals surface area contributed by atoms with Crippen LogP contribution < -0.4 is 5.32 Å². The van der Waals surface area contributed by atoms with Crippen molar-refractivity contribution >= 4 is 40.9 Å². The summed E-state index contributed by atoms with van der Waals surface area (Å²) in [6.07, 6.45) is 3.14. The van der Waals surface area contributed by atoms with Crippen LogP contribution in [0, 0.1) is 0 Å². The van der Waals surface area contributed by atoms with Crippen molar-refractivity contribution in [1.82, 2.24) is 0 Å². The van der Waals surface area contributed by atoms with Crippen LogP contribution in [0.3, 0.4) is 0 Å². The second-order valence-electron chi connectivity index (χ2n) is 5.49. The van der Waals surface area contributed by atoms with Gasteiger partial charge in [0.25, 0.3) is 0 Å². The lowest BCUT2D eigenvalue weighted by Gasteiger charge is -2.06. The number of hydrogen-bond acceptors (Lipinski definition) is 3. The fourth-order valence-electron chi connectivity index (χ4n) is 2.33. The molecule has 4 nitrogen and oxygen atoms in total. The maximum Gasteiger partial charge on any atom is 0.248 e. The molecule has 0 radical (unpaired) electrons. The zero-order valence-electron chi connectivity index (χ0n) is 13.6. The van der Waals surface area contributed by atoms with Crippen LogP contribution in [0.1, 0.15) is 11.3 Å². The molecule has 1 amide bonds. The van der Waals surface area contributed by atoms with E-state index in [9.17, 15) is 4.79 Å². The third kappa shape index (κ3) is 4.55. The van der Waals surface area contributed by atoms with Crippen LogP contribution in [0.4, 0.5) is 5.69 Å². The fourth-order valence-corrected chi connectivity index (χ4v) is 2.67. The van der Waals surface area contributed by atoms with E-state index in [1.807, 2.05) is 12.1 Å². The number of hydrogen-bond donors (Lipinski definition) is 2. The Labute approximate surface area is 160 Å². The van der Waals surface area contributed by atoms with Gasteiger partial charge in [0.05, 0.1) is 5.02 Å². The third-order valence-electron chi connectivity index (χ3n) is 3.61. The average molecular weight is 388 g/mol. The summed E-state index contributed by atoms with van der Waals surface area (Å²) in [6.45, 7) is -0.191. The summed E-state index contributed by atoms with van der Waals surface area (Å²) in [5.41, 5.74) is 2.08. The Bertz CT molecular complexity index is 946. The highest BCUT2D eigenvalue weighted by Gasteiger charge is 2.10. The number of aliphatic hydroxyl groups excluding tert-OH is 1. The van der Waals surface area contributed by atoms with Gasteiger partial charge in [-0.2, -0.15) is 0 Å². The highest BCUT2D eigenvalue weighted by molar-refractivity contribution is 6.33. The number of halogens is 2. The molecular formula is C20H15Cl2NO3. The molecule has 26 heavy (non-hydrogen) atoms. The van der Waals surface area contributed by atoms with Crippen LogP contribution in [-0.4, -0.2) is 11.0 Å². The number of carbonyl (C=O) groups excluding carboxylic acids is 1. The summed E-state index contributed by atoms with van der Waals surface area (Å²) in [6, 6.07) is 15.7. The van der Waals surface area contributed by atoms with Gasteiger partial charge in [0.1, 0.15) is 18.1 Å². The standard InChI is InChI=1S/C20H15Cl2NO3/c21-14-4-1-13(2-5-14)3-10-20(25)23-15-6-8-18(22)17(11-15)19-9-7-16(12-24)26-19/h1-11,24H,12H2,(H,23,25)/b10-3+. The minimum Gasteiger partial charge on any atom is -0.459 e. The van der Waals surface area contributed by atoms with Gasteiger partial charge in [0.15, 0.2) is 0 Å². The van der Waals surface area contributed by atoms with Crippen LogP contribution in [-0.2, 0) is 11.4 Å². The number of benzene rings is 2. The first-order chi connectivity index (χ1) is 12.5. The van der Waals surface area contributed by atoms with Crippen molar-refractivity contribution in [2.24, 2.45) is 0 Å². The van der Waals surface area contributed by atoms with Gasteiger partial charge in [0.2, 0.25) is 5.91 Å². The van der Waals surface area contributed by atoms with Gasteiger partial charge in [-0.25, -0.2) is 0 Å². The molecule has 0 fully saturated rings. The summed E-state index contributed by atoms with van der Waals surface area (Å²) in [4.78, 5) is 12.1. The molecular weight excluding hydrogens is 373 g/mol. The highest BCUT2D eigenvalue weighted by atomic mass is 35.5. The first-order valence-electron chi connectivity index (χ1n) is 7.79. The highest BCUT2D eigenvalue weighted by Crippen LogP contribution is 2.32. The van der Waals surface area contributed by atoms with Gasteiger partial charge in [-0.15, -0.1) is 0 Å². The molecule has 0 aliphatic carbocycles. The smallest absolute Gasteiger partial charge is 0.248 e. The lowest BCUT2D eigenvalue weighted by Crippen LogP contribution is -2.07. The molecule has 3 aromatic rings. The summed E-state index contributed by atoms with van der Waals surface area (Å²) in [7, 11) is 0. The maximum absolute atomic E-state index is 12.1. The minimum absolute atomic E-state index is 0.191. The van der Waals surface area contributed by atoms with E-state index in [4.69, 9.17) is 32.7 Å². The van der Waals surface area contributed by atoms with E-state index in [0.717, 1.165) is 5.56 Å². The van der Waals surface area contributed by atoms with E-state index in [-0.39, 0.29) is 12.5 Å². The van der Waals surface area contributed by atoms with Crippen LogP contribution in [0.5, 0.6) is 0 Å². The van der Waals surface area contributed by atoms with E-state index in [0.29, 0.717) is 32.8 Å². The van der Waals surface area contributed by atoms with E-state index in [1.54, 1.807) is 48.5 Å². The van der Waals surface area contributed by atoms with Crippen LogP contribution in [0.2, 0.25) is 10.0 Å². The van der Waals surface area contributed by atoms with Crippen molar-refractivity contribution in [3.63, 3.8) is 0 Å². The molecule has 0 unspecified atom stereocenters. The molecule has 3 rings (SSSR count). The summed E-state index contributed by atoms with van der Waals surface area (Å²) in [5, 5.41) is 13.0. The molecule has 0 saturated carbocycles. The molecule has 6 heteroatoms. The van der Waals surface area contributed by atoms with Crippen LogP contribution >= 0.6 is 23.2 Å². The quantitative estimate of drug-likeness (QED) is 0.576. The largest absolute Gasteiger partial charge is 0.459 e. The van der Waals surface area contributed by atoms with Gasteiger partial charge in [-0.1, -0.05) is 35.3 Å². The molecule has 0 saturated heterocycles. The molecule has 1 heterocycles. The first-order valence-corrected chi connectivity index (χ1v) is 8.55. The summed E-state index contributed by atoms with van der Waals surface area (Å²) < 4.78 is 5.50. The Balaban J connectivity index is 1.74. The Morgan fingerprint density at radius 3 is 2.54 bits per heavy atom. The van der Waals surface area contributed by atoms with Crippen molar-refractivity contribution in [2.45, 2.75) is 6.61 Å². The molecule has 2 aromatic carbocycles. The Morgan fingerprint density at radius 2 is 1.85 bits per heavy atom. The number of amides is 1. The molecule has 0 spiro atoms. The number of aliphatic hydroxyl groups is 1. The number of rotatable bonds is 5. The van der Waals surface area contributed by atoms with Gasteiger partial charge in [-0.05, 0) is 54.1 Å². The molecule has 0 bridgehead atoms. The lowest BCUT2D eigenvalue weighted by atomic mass is 10.1. The van der Waals surface area contributed by atoms with E-state index < -0.39 is 0 Å². The SMILES string of the molecule is O=C(/C=C/c1ccc(Cl)cc1)Nc1ccc(Cl)c(-c2ccc(CO)o2)c1. The second kappa shape index (κ2) is 8.23. The van der Waals surface area contributed by atoms with Crippen LogP contribution in [0.15, 0.2) is 65.1 Å². The minimum atomic E-state index is -0.274. The van der Waals surface area contributed by atoms with Gasteiger partial charge in [0, 0.05) is 22.3 Å². The fraction of sp³-hybridized carbons (Fsp3) is 0.0500. The zero-order valence-corrected chi connectivity index (χ0v) is 15.1. The van der Waals surface area contributed by atoms with Gasteiger partial charge >= 0.3 is 0 Å². The van der Waals surface area contributed by atoms with Crippen molar-refractivity contribution in [2.75, 3.05) is 5.32 Å². The predicted octanol–water partition coefficient (Wildman–Crippen LogP) is 5.40. The molecule has 2 N–H and O–H groups in total. The number of nitrogens with one attached hydrogen (secondary N) is 1. The third-order valence-corrected chi connectivity index (χ3v) is 4.20. The van der Waals surface area contributed by atoms with E-state index in [2.05, 4.69) is 5.32 Å². The number of anilines is 1. The zero-order chi connectivity index (χ0) is 18.5. The number of furan rings is 1. The Morgan fingerprint density at radius 1 is 1.08 bits per heavy atom. The van der Waals surface area contributed by atoms with Crippen molar-refractivity contribution < 1.29 is 14.3 Å². The van der Waals surface area contributed by atoms with E-state index in [1.165, 1.54) is 6.08 Å². The van der Waals surface area contributed by atoms with E-state index >= 15 is 0 Å². The molecule has 0 aliphatic heterocycles.